The number of carbonyl (C=O) groups excluding carboxylic acids is 2. The Kier molecular flexibility index (Phi) is 5.53. The molecule has 7 nitrogen and oxygen atoms in total. The van der Waals surface area contributed by atoms with Crippen molar-refractivity contribution in [1.29, 1.82) is 0 Å². The fourth-order valence-electron chi connectivity index (χ4n) is 3.21. The van der Waals surface area contributed by atoms with E-state index in [0.717, 1.165) is 18.8 Å². The first kappa shape index (κ1) is 17.7. The molecule has 0 radical (unpaired) electrons. The molecule has 1 atom stereocenters. The topological polar surface area (TPSA) is 72.0 Å². The zero-order valence-corrected chi connectivity index (χ0v) is 14.9. The van der Waals surface area contributed by atoms with Gasteiger partial charge in [0, 0.05) is 38.0 Å². The summed E-state index contributed by atoms with van der Waals surface area (Å²) in [6, 6.07) is 1.85. The monoisotopic (exact) mass is 347 g/mol. The summed E-state index contributed by atoms with van der Waals surface area (Å²) in [5.41, 5.74) is 0.554. The van der Waals surface area contributed by atoms with Crippen LogP contribution in [0.5, 0.6) is 5.75 Å². The van der Waals surface area contributed by atoms with Crippen molar-refractivity contribution in [3.05, 3.63) is 17.8 Å². The van der Waals surface area contributed by atoms with Crippen molar-refractivity contribution in [2.45, 2.75) is 32.7 Å². The highest BCUT2D eigenvalue weighted by Gasteiger charge is 2.35. The van der Waals surface area contributed by atoms with Gasteiger partial charge >= 0.3 is 0 Å². The van der Waals surface area contributed by atoms with E-state index in [9.17, 15) is 9.59 Å². The molecule has 1 fully saturated rings. The van der Waals surface area contributed by atoms with Crippen LogP contribution in [0.15, 0.2) is 12.3 Å². The van der Waals surface area contributed by atoms with Gasteiger partial charge in [-0.3, -0.25) is 9.59 Å². The highest BCUT2D eigenvalue weighted by molar-refractivity contribution is 5.94. The van der Waals surface area contributed by atoms with E-state index in [1.165, 1.54) is 6.92 Å². The van der Waals surface area contributed by atoms with Crippen LogP contribution >= 0.6 is 0 Å². The largest absolute Gasteiger partial charge is 0.487 e. The van der Waals surface area contributed by atoms with Crippen molar-refractivity contribution >= 4 is 17.5 Å². The molecular formula is C18H25N3O4. The third-order valence-corrected chi connectivity index (χ3v) is 4.59. The number of hydrogen-bond donors (Lipinski definition) is 0. The van der Waals surface area contributed by atoms with Gasteiger partial charge in [-0.25, -0.2) is 4.98 Å². The van der Waals surface area contributed by atoms with Gasteiger partial charge in [-0.2, -0.15) is 0 Å². The maximum Gasteiger partial charge on any atom is 0.225 e. The number of rotatable bonds is 6. The highest BCUT2D eigenvalue weighted by atomic mass is 16.5. The summed E-state index contributed by atoms with van der Waals surface area (Å²) in [4.78, 5) is 32.3. The van der Waals surface area contributed by atoms with Gasteiger partial charge in [0.25, 0.3) is 0 Å². The molecule has 1 aromatic rings. The van der Waals surface area contributed by atoms with E-state index in [1.54, 1.807) is 12.3 Å². The van der Waals surface area contributed by atoms with Gasteiger partial charge in [0.15, 0.2) is 17.4 Å². The minimum atomic E-state index is -0.0262. The predicted molar refractivity (Wildman–Crippen MR) is 93.2 cm³/mol. The summed E-state index contributed by atoms with van der Waals surface area (Å²) >= 11 is 0. The molecule has 0 saturated carbocycles. The van der Waals surface area contributed by atoms with Crippen molar-refractivity contribution in [2.24, 2.45) is 0 Å². The Morgan fingerprint density at radius 1 is 1.36 bits per heavy atom. The maximum atomic E-state index is 12.3. The molecule has 0 aromatic carbocycles. The summed E-state index contributed by atoms with van der Waals surface area (Å²) in [6.07, 6.45) is 2.98. The fourth-order valence-corrected chi connectivity index (χ4v) is 3.21. The van der Waals surface area contributed by atoms with Crippen LogP contribution in [0.3, 0.4) is 0 Å². The molecule has 1 amide bonds. The van der Waals surface area contributed by atoms with Gasteiger partial charge in [0.2, 0.25) is 5.91 Å². The predicted octanol–water partition coefficient (Wildman–Crippen LogP) is 1.51. The summed E-state index contributed by atoms with van der Waals surface area (Å²) in [5, 5.41) is 0. The number of nitrogens with zero attached hydrogens (tertiary/aromatic N) is 3. The quantitative estimate of drug-likeness (QED) is 0.574. The lowest BCUT2D eigenvalue weighted by atomic mass is 10.1. The Labute approximate surface area is 147 Å². The zero-order valence-electron chi connectivity index (χ0n) is 14.9. The lowest BCUT2D eigenvalue weighted by Crippen LogP contribution is -2.58. The Morgan fingerprint density at radius 3 is 2.96 bits per heavy atom. The first-order valence-corrected chi connectivity index (χ1v) is 8.86. The summed E-state index contributed by atoms with van der Waals surface area (Å²) in [6.45, 7) is 7.25. The molecule has 1 aromatic heterocycles. The lowest BCUT2D eigenvalue weighted by molar-refractivity contribution is -0.133. The molecule has 2 aliphatic heterocycles. The number of amides is 1. The standard InChI is InChI=1S/C18H25N3O4/c1-3-7-24-8-4-17(23)20-5-6-21-15(11-20)12-25-16-9-14(13(2)22)10-19-18(16)21/h9-10,15H,3-8,11-12H2,1-2H3. The van der Waals surface area contributed by atoms with E-state index in [4.69, 9.17) is 9.47 Å². The molecule has 1 unspecified atom stereocenters. The third-order valence-electron chi connectivity index (χ3n) is 4.59. The van der Waals surface area contributed by atoms with Gasteiger partial charge in [-0.05, 0) is 19.4 Å². The van der Waals surface area contributed by atoms with E-state index >= 15 is 0 Å². The van der Waals surface area contributed by atoms with Gasteiger partial charge in [-0.1, -0.05) is 6.92 Å². The average molecular weight is 347 g/mol. The molecule has 7 heteroatoms. The number of Topliss-reactive ketones (excluding diaryl/α,β-unsaturated/α-hetero) is 1. The van der Waals surface area contributed by atoms with E-state index in [2.05, 4.69) is 16.8 Å². The molecule has 1 saturated heterocycles. The summed E-state index contributed by atoms with van der Waals surface area (Å²) < 4.78 is 11.2. The van der Waals surface area contributed by atoms with Crippen LogP contribution in [0, 0.1) is 0 Å². The number of hydrogen-bond acceptors (Lipinski definition) is 6. The number of piperazine rings is 1. The fraction of sp³-hybridized carbons (Fsp3) is 0.611. The molecule has 2 aliphatic rings. The number of carbonyl (C=O) groups is 2. The van der Waals surface area contributed by atoms with E-state index in [0.29, 0.717) is 50.6 Å². The molecule has 3 heterocycles. The molecule has 0 bridgehead atoms. The molecule has 0 N–H and O–H groups in total. The second-order valence-corrected chi connectivity index (χ2v) is 6.46. The molecule has 0 spiro atoms. The second kappa shape index (κ2) is 7.82. The Bertz CT molecular complexity index is 649. The Hall–Kier alpha value is -2.15. The van der Waals surface area contributed by atoms with Crippen LogP contribution in [-0.4, -0.2) is 67.1 Å². The minimum absolute atomic E-state index is 0.0262. The third kappa shape index (κ3) is 3.92. The van der Waals surface area contributed by atoms with Gasteiger partial charge in [0.05, 0.1) is 19.1 Å². The molecule has 136 valence electrons. The lowest BCUT2D eigenvalue weighted by Gasteiger charge is -2.44. The van der Waals surface area contributed by atoms with Crippen LogP contribution in [0.4, 0.5) is 5.82 Å². The maximum absolute atomic E-state index is 12.3. The second-order valence-electron chi connectivity index (χ2n) is 6.46. The van der Waals surface area contributed by atoms with Crippen LogP contribution in [0.2, 0.25) is 0 Å². The zero-order chi connectivity index (χ0) is 17.8. The Balaban J connectivity index is 1.61. The van der Waals surface area contributed by atoms with Crippen molar-refractivity contribution in [2.75, 3.05) is 44.4 Å². The van der Waals surface area contributed by atoms with E-state index < -0.39 is 0 Å². The van der Waals surface area contributed by atoms with Gasteiger partial charge < -0.3 is 19.3 Å². The van der Waals surface area contributed by atoms with Gasteiger partial charge in [-0.15, -0.1) is 0 Å². The highest BCUT2D eigenvalue weighted by Crippen LogP contribution is 2.34. The molecule has 3 rings (SSSR count). The van der Waals surface area contributed by atoms with Crippen LogP contribution in [0.25, 0.3) is 0 Å². The summed E-state index contributed by atoms with van der Waals surface area (Å²) in [5.74, 6) is 1.51. The van der Waals surface area contributed by atoms with Crippen molar-refractivity contribution < 1.29 is 19.1 Å². The molecule has 0 aliphatic carbocycles. The van der Waals surface area contributed by atoms with Crippen molar-refractivity contribution in [3.8, 4) is 5.75 Å². The first-order chi connectivity index (χ1) is 12.1. The average Bonchev–Trinajstić information content (AvgIpc) is 2.63. The smallest absolute Gasteiger partial charge is 0.225 e. The van der Waals surface area contributed by atoms with Crippen molar-refractivity contribution in [1.82, 2.24) is 9.88 Å². The SMILES string of the molecule is CCCOCCC(=O)N1CCN2c3ncc(C(C)=O)cc3OCC2C1. The minimum Gasteiger partial charge on any atom is -0.487 e. The number of ether oxygens (including phenoxy) is 2. The van der Waals surface area contributed by atoms with Crippen molar-refractivity contribution in [3.63, 3.8) is 0 Å². The van der Waals surface area contributed by atoms with Crippen LogP contribution < -0.4 is 9.64 Å². The van der Waals surface area contributed by atoms with Gasteiger partial charge in [0.1, 0.15) is 6.61 Å². The number of pyridine rings is 1. The normalized spacial score (nSPS) is 19.0. The number of anilines is 1. The first-order valence-electron chi connectivity index (χ1n) is 8.86. The van der Waals surface area contributed by atoms with E-state index in [-0.39, 0.29) is 17.7 Å². The number of aromatic nitrogens is 1. The molecular weight excluding hydrogens is 322 g/mol. The van der Waals surface area contributed by atoms with Crippen LogP contribution in [0.1, 0.15) is 37.0 Å². The van der Waals surface area contributed by atoms with Crippen LogP contribution in [-0.2, 0) is 9.53 Å². The number of ketones is 1. The number of fused-ring (bicyclic) bond motifs is 3. The summed E-state index contributed by atoms with van der Waals surface area (Å²) in [7, 11) is 0. The van der Waals surface area contributed by atoms with E-state index in [1.807, 2.05) is 4.90 Å². The Morgan fingerprint density at radius 2 is 2.20 bits per heavy atom. The molecule has 25 heavy (non-hydrogen) atoms.